The molecule has 1 fully saturated rings. The number of nitrogens with one attached hydrogen (secondary N) is 2. The summed E-state index contributed by atoms with van der Waals surface area (Å²) in [7, 11) is 0. The molecule has 5 heteroatoms. The monoisotopic (exact) mass is 284 g/mol. The fourth-order valence-electron chi connectivity index (χ4n) is 2.71. The highest BCUT2D eigenvalue weighted by atomic mass is 16.4. The lowest BCUT2D eigenvalue weighted by atomic mass is 9.82. The van der Waals surface area contributed by atoms with Gasteiger partial charge in [-0.2, -0.15) is 0 Å². The van der Waals surface area contributed by atoms with Crippen LogP contribution in [-0.2, 0) is 9.59 Å². The van der Waals surface area contributed by atoms with Crippen molar-refractivity contribution >= 4 is 11.9 Å². The Kier molecular flexibility index (Phi) is 6.99. The molecular weight excluding hydrogens is 256 g/mol. The predicted molar refractivity (Wildman–Crippen MR) is 78.5 cm³/mol. The molecule has 1 unspecified atom stereocenters. The van der Waals surface area contributed by atoms with E-state index in [1.54, 1.807) is 0 Å². The molecule has 0 aromatic rings. The van der Waals surface area contributed by atoms with Gasteiger partial charge in [0, 0.05) is 19.0 Å². The van der Waals surface area contributed by atoms with Crippen molar-refractivity contribution in [1.29, 1.82) is 0 Å². The third-order valence-electron chi connectivity index (χ3n) is 4.56. The molecular formula is C15H28N2O3. The zero-order valence-electron chi connectivity index (χ0n) is 12.7. The van der Waals surface area contributed by atoms with E-state index in [4.69, 9.17) is 0 Å². The van der Waals surface area contributed by atoms with Crippen LogP contribution in [0.25, 0.3) is 0 Å². The van der Waals surface area contributed by atoms with Gasteiger partial charge in [-0.1, -0.05) is 20.3 Å². The highest BCUT2D eigenvalue weighted by Crippen LogP contribution is 2.25. The van der Waals surface area contributed by atoms with Crippen molar-refractivity contribution in [3.05, 3.63) is 0 Å². The lowest BCUT2D eigenvalue weighted by Crippen LogP contribution is -2.43. The third kappa shape index (κ3) is 4.78. The molecule has 20 heavy (non-hydrogen) atoms. The number of amides is 1. The molecule has 0 radical (unpaired) electrons. The van der Waals surface area contributed by atoms with Crippen molar-refractivity contribution in [2.75, 3.05) is 13.1 Å². The van der Waals surface area contributed by atoms with Crippen molar-refractivity contribution in [3.63, 3.8) is 0 Å². The van der Waals surface area contributed by atoms with E-state index in [9.17, 15) is 14.7 Å². The minimum Gasteiger partial charge on any atom is -0.481 e. The van der Waals surface area contributed by atoms with Crippen LogP contribution in [0.5, 0.6) is 0 Å². The Morgan fingerprint density at radius 2 is 2.00 bits per heavy atom. The number of piperidine rings is 1. The molecule has 0 aliphatic carbocycles. The van der Waals surface area contributed by atoms with Gasteiger partial charge in [0.1, 0.15) is 0 Å². The molecule has 0 aromatic carbocycles. The van der Waals surface area contributed by atoms with E-state index >= 15 is 0 Å². The summed E-state index contributed by atoms with van der Waals surface area (Å²) in [6.07, 6.45) is 5.96. The van der Waals surface area contributed by atoms with Crippen molar-refractivity contribution < 1.29 is 14.7 Å². The first-order valence-electron chi connectivity index (χ1n) is 7.77. The minimum absolute atomic E-state index is 0.0371. The maximum Gasteiger partial charge on any atom is 0.311 e. The van der Waals surface area contributed by atoms with Crippen molar-refractivity contribution in [2.45, 2.75) is 64.8 Å². The molecule has 116 valence electrons. The molecule has 1 aliphatic rings. The minimum atomic E-state index is -0.822. The van der Waals surface area contributed by atoms with E-state index in [0.717, 1.165) is 19.4 Å². The van der Waals surface area contributed by atoms with Crippen molar-refractivity contribution in [2.24, 2.45) is 5.41 Å². The molecule has 1 aliphatic heterocycles. The van der Waals surface area contributed by atoms with Crippen molar-refractivity contribution in [3.8, 4) is 0 Å². The fraction of sp³-hybridized carbons (Fsp3) is 0.867. The second-order valence-corrected chi connectivity index (χ2v) is 5.75. The summed E-state index contributed by atoms with van der Waals surface area (Å²) in [5.41, 5.74) is -0.821. The van der Waals surface area contributed by atoms with Gasteiger partial charge in [-0.3, -0.25) is 9.59 Å². The molecule has 1 atom stereocenters. The van der Waals surface area contributed by atoms with Crippen LogP contribution >= 0.6 is 0 Å². The van der Waals surface area contributed by atoms with Crippen LogP contribution in [0, 0.1) is 5.41 Å². The Hall–Kier alpha value is -1.10. The quantitative estimate of drug-likeness (QED) is 0.636. The lowest BCUT2D eigenvalue weighted by Gasteiger charge is -2.27. The van der Waals surface area contributed by atoms with Crippen molar-refractivity contribution in [1.82, 2.24) is 10.6 Å². The lowest BCUT2D eigenvalue weighted by molar-refractivity contribution is -0.149. The van der Waals surface area contributed by atoms with E-state index in [-0.39, 0.29) is 12.5 Å². The standard InChI is InChI=1S/C15H28N2O3/c1-3-15(4-2,14(19)20)11-17-13(18)9-8-12-7-5-6-10-16-12/h12,16H,3-11H2,1-2H3,(H,17,18)(H,19,20). The van der Waals surface area contributed by atoms with Crippen LogP contribution in [0.2, 0.25) is 0 Å². The topological polar surface area (TPSA) is 78.4 Å². The first kappa shape index (κ1) is 17.0. The zero-order chi connectivity index (χ0) is 15.0. The van der Waals surface area contributed by atoms with E-state index in [1.807, 2.05) is 13.8 Å². The van der Waals surface area contributed by atoms with Crippen LogP contribution in [-0.4, -0.2) is 36.1 Å². The summed E-state index contributed by atoms with van der Waals surface area (Å²) in [4.78, 5) is 23.2. The molecule has 0 bridgehead atoms. The third-order valence-corrected chi connectivity index (χ3v) is 4.56. The van der Waals surface area contributed by atoms with Crippen LogP contribution in [0.4, 0.5) is 0 Å². The maximum absolute atomic E-state index is 11.9. The molecule has 0 aromatic heterocycles. The normalized spacial score (nSPS) is 19.6. The van der Waals surface area contributed by atoms with Gasteiger partial charge in [0.25, 0.3) is 0 Å². The van der Waals surface area contributed by atoms with Gasteiger partial charge in [-0.15, -0.1) is 0 Å². The Labute approximate surface area is 121 Å². The summed E-state index contributed by atoms with van der Waals surface area (Å²) < 4.78 is 0. The Morgan fingerprint density at radius 3 is 2.50 bits per heavy atom. The number of rotatable bonds is 8. The second kappa shape index (κ2) is 8.25. The van der Waals surface area contributed by atoms with Gasteiger partial charge in [0.2, 0.25) is 5.91 Å². The highest BCUT2D eigenvalue weighted by Gasteiger charge is 2.35. The predicted octanol–water partition coefficient (Wildman–Crippen LogP) is 1.92. The number of carbonyl (C=O) groups excluding carboxylic acids is 1. The summed E-state index contributed by atoms with van der Waals surface area (Å²) in [5.74, 6) is -0.860. The number of carbonyl (C=O) groups is 2. The number of carboxylic acids is 1. The van der Waals surface area contributed by atoms with Crippen LogP contribution in [0.1, 0.15) is 58.8 Å². The maximum atomic E-state index is 11.9. The van der Waals surface area contributed by atoms with Gasteiger partial charge in [0.05, 0.1) is 5.41 Å². The molecule has 1 saturated heterocycles. The van der Waals surface area contributed by atoms with Crippen LogP contribution in [0.3, 0.4) is 0 Å². The summed E-state index contributed by atoms with van der Waals surface area (Å²) in [6.45, 7) is 4.98. The van der Waals surface area contributed by atoms with E-state index in [1.165, 1.54) is 12.8 Å². The van der Waals surface area contributed by atoms with Crippen LogP contribution < -0.4 is 10.6 Å². The highest BCUT2D eigenvalue weighted by molar-refractivity contribution is 5.79. The molecule has 1 amide bonds. The smallest absolute Gasteiger partial charge is 0.311 e. The Balaban J connectivity index is 2.32. The number of carboxylic acid groups (broad SMARTS) is 1. The first-order valence-corrected chi connectivity index (χ1v) is 7.77. The molecule has 3 N–H and O–H groups in total. The van der Waals surface area contributed by atoms with Gasteiger partial charge in [-0.25, -0.2) is 0 Å². The molecule has 0 spiro atoms. The average molecular weight is 284 g/mol. The molecule has 0 saturated carbocycles. The molecule has 5 nitrogen and oxygen atoms in total. The molecule has 1 rings (SSSR count). The number of hydrogen-bond acceptors (Lipinski definition) is 3. The molecule has 1 heterocycles. The Morgan fingerprint density at radius 1 is 1.30 bits per heavy atom. The fourth-order valence-corrected chi connectivity index (χ4v) is 2.71. The average Bonchev–Trinajstić information content (AvgIpc) is 2.47. The Bertz CT molecular complexity index is 321. The summed E-state index contributed by atoms with van der Waals surface area (Å²) in [6, 6.07) is 0.441. The van der Waals surface area contributed by atoms with E-state index in [2.05, 4.69) is 10.6 Å². The zero-order valence-corrected chi connectivity index (χ0v) is 12.7. The second-order valence-electron chi connectivity index (χ2n) is 5.75. The number of hydrogen-bond donors (Lipinski definition) is 3. The van der Waals surface area contributed by atoms with E-state index < -0.39 is 11.4 Å². The number of aliphatic carboxylic acids is 1. The SMILES string of the molecule is CCC(CC)(CNC(=O)CCC1CCCCN1)C(=O)O. The van der Waals surface area contributed by atoms with Crippen LogP contribution in [0.15, 0.2) is 0 Å². The van der Waals surface area contributed by atoms with E-state index in [0.29, 0.717) is 25.3 Å². The summed E-state index contributed by atoms with van der Waals surface area (Å²) >= 11 is 0. The van der Waals surface area contributed by atoms with Gasteiger partial charge in [-0.05, 0) is 38.6 Å². The van der Waals surface area contributed by atoms with Gasteiger partial charge < -0.3 is 15.7 Å². The first-order chi connectivity index (χ1) is 9.54. The van der Waals surface area contributed by atoms with Gasteiger partial charge >= 0.3 is 5.97 Å². The van der Waals surface area contributed by atoms with Gasteiger partial charge in [0.15, 0.2) is 0 Å². The summed E-state index contributed by atoms with van der Waals surface area (Å²) in [5, 5.41) is 15.5. The largest absolute Gasteiger partial charge is 0.481 e.